The highest BCUT2D eigenvalue weighted by atomic mass is 19.4. The Kier molecular flexibility index (Phi) is 3.56. The van der Waals surface area contributed by atoms with Crippen molar-refractivity contribution in [1.29, 1.82) is 0 Å². The van der Waals surface area contributed by atoms with Gasteiger partial charge in [0.2, 0.25) is 17.5 Å². The maximum absolute atomic E-state index is 13.2. The summed E-state index contributed by atoms with van der Waals surface area (Å²) in [7, 11) is 0. The fourth-order valence-corrected chi connectivity index (χ4v) is 1.55. The van der Waals surface area contributed by atoms with E-state index in [-0.39, 0.29) is 11.4 Å². The Hall–Kier alpha value is -2.25. The number of aryl methyl sites for hydroxylation is 1. The smallest absolute Gasteiger partial charge is 0.338 e. The molecular formula is C12H8F4N2O2. The third-order valence-electron chi connectivity index (χ3n) is 2.40. The summed E-state index contributed by atoms with van der Waals surface area (Å²) in [5, 5.41) is 3.43. The first-order valence-corrected chi connectivity index (χ1v) is 5.46. The number of hydrogen-bond acceptors (Lipinski definition) is 4. The molecule has 0 aliphatic rings. The van der Waals surface area contributed by atoms with Crippen molar-refractivity contribution in [3.63, 3.8) is 0 Å². The molecule has 0 fully saturated rings. The van der Waals surface area contributed by atoms with E-state index in [9.17, 15) is 22.4 Å². The number of benzene rings is 1. The van der Waals surface area contributed by atoms with Gasteiger partial charge in [0.25, 0.3) is 0 Å². The normalized spacial score (nSPS) is 11.7. The van der Waals surface area contributed by atoms with Crippen LogP contribution in [0.25, 0.3) is 11.4 Å². The molecule has 0 N–H and O–H groups in total. The molecule has 1 aromatic heterocycles. The van der Waals surface area contributed by atoms with Gasteiger partial charge in [-0.05, 0) is 30.7 Å². The van der Waals surface area contributed by atoms with E-state index in [2.05, 4.69) is 14.7 Å². The summed E-state index contributed by atoms with van der Waals surface area (Å²) in [5.74, 6) is -3.05. The van der Waals surface area contributed by atoms with Crippen molar-refractivity contribution in [3.05, 3.63) is 35.5 Å². The lowest BCUT2D eigenvalue weighted by molar-refractivity contribution is -0.170. The summed E-state index contributed by atoms with van der Waals surface area (Å²) >= 11 is 0. The molecule has 0 radical (unpaired) electrons. The molecule has 0 spiro atoms. The number of hydrogen-bond donors (Lipinski definition) is 0. The van der Waals surface area contributed by atoms with Crippen LogP contribution in [0.4, 0.5) is 17.6 Å². The monoisotopic (exact) mass is 288 g/mol. The Morgan fingerprint density at radius 1 is 1.30 bits per heavy atom. The van der Waals surface area contributed by atoms with Crippen molar-refractivity contribution >= 4 is 5.78 Å². The summed E-state index contributed by atoms with van der Waals surface area (Å²) in [6.07, 6.45) is -5.99. The van der Waals surface area contributed by atoms with Crippen molar-refractivity contribution in [2.75, 3.05) is 0 Å². The van der Waals surface area contributed by atoms with Crippen LogP contribution in [0.1, 0.15) is 11.5 Å². The number of Topliss-reactive ketones (excluding diaryl/α,β-unsaturated/α-hetero) is 1. The van der Waals surface area contributed by atoms with E-state index in [0.717, 1.165) is 6.07 Å². The van der Waals surface area contributed by atoms with Crippen molar-refractivity contribution < 1.29 is 26.9 Å². The van der Waals surface area contributed by atoms with E-state index >= 15 is 0 Å². The van der Waals surface area contributed by atoms with Crippen molar-refractivity contribution in [2.24, 2.45) is 0 Å². The zero-order valence-corrected chi connectivity index (χ0v) is 10.2. The van der Waals surface area contributed by atoms with Gasteiger partial charge >= 0.3 is 6.18 Å². The number of carbonyl (C=O) groups is 1. The third kappa shape index (κ3) is 3.19. The fourth-order valence-electron chi connectivity index (χ4n) is 1.55. The second-order valence-corrected chi connectivity index (χ2v) is 4.13. The minimum Gasteiger partial charge on any atom is -0.338 e. The summed E-state index contributed by atoms with van der Waals surface area (Å²) in [5.41, 5.74) is 0.856. The highest BCUT2D eigenvalue weighted by Crippen LogP contribution is 2.21. The number of nitrogens with zero attached hydrogens (tertiary/aromatic N) is 2. The van der Waals surface area contributed by atoms with E-state index in [1.165, 1.54) is 6.07 Å². The first-order chi connectivity index (χ1) is 9.25. The standard InChI is InChI=1S/C12H8F4N2O2/c1-6-2-7(4-8(13)3-6)11-17-10(20-18-11)5-9(19)12(14,15)16/h2-4H,5H2,1H3. The van der Waals surface area contributed by atoms with Gasteiger partial charge in [-0.25, -0.2) is 4.39 Å². The van der Waals surface area contributed by atoms with Gasteiger partial charge < -0.3 is 4.52 Å². The van der Waals surface area contributed by atoms with Gasteiger partial charge in [-0.2, -0.15) is 18.2 Å². The molecule has 1 aromatic carbocycles. The van der Waals surface area contributed by atoms with E-state index in [4.69, 9.17) is 0 Å². The van der Waals surface area contributed by atoms with Crippen LogP contribution >= 0.6 is 0 Å². The zero-order chi connectivity index (χ0) is 14.9. The molecule has 4 nitrogen and oxygen atoms in total. The average Bonchev–Trinajstić information content (AvgIpc) is 2.75. The van der Waals surface area contributed by atoms with Gasteiger partial charge in [0, 0.05) is 5.56 Å². The molecule has 0 aliphatic heterocycles. The number of carbonyl (C=O) groups excluding carboxylic acids is 1. The Morgan fingerprint density at radius 2 is 2.00 bits per heavy atom. The second kappa shape index (κ2) is 5.03. The minimum absolute atomic E-state index is 0.0717. The van der Waals surface area contributed by atoms with Crippen LogP contribution in [-0.4, -0.2) is 22.1 Å². The van der Waals surface area contributed by atoms with Gasteiger partial charge in [-0.15, -0.1) is 0 Å². The zero-order valence-electron chi connectivity index (χ0n) is 10.2. The highest BCUT2D eigenvalue weighted by molar-refractivity contribution is 5.85. The van der Waals surface area contributed by atoms with Crippen LogP contribution in [0.2, 0.25) is 0 Å². The Labute approximate surface area is 110 Å². The maximum atomic E-state index is 13.2. The molecule has 0 saturated heterocycles. The molecule has 20 heavy (non-hydrogen) atoms. The number of rotatable bonds is 3. The molecular weight excluding hydrogens is 280 g/mol. The molecule has 8 heteroatoms. The quantitative estimate of drug-likeness (QED) is 0.815. The molecule has 106 valence electrons. The fraction of sp³-hybridized carbons (Fsp3) is 0.250. The van der Waals surface area contributed by atoms with E-state index in [1.54, 1.807) is 13.0 Å². The number of aromatic nitrogens is 2. The molecule has 0 bridgehead atoms. The predicted molar refractivity (Wildman–Crippen MR) is 59.2 cm³/mol. The highest BCUT2D eigenvalue weighted by Gasteiger charge is 2.39. The molecule has 0 aliphatic carbocycles. The lowest BCUT2D eigenvalue weighted by Gasteiger charge is -2.01. The van der Waals surface area contributed by atoms with Crippen LogP contribution < -0.4 is 0 Å². The van der Waals surface area contributed by atoms with Crippen molar-refractivity contribution in [1.82, 2.24) is 10.1 Å². The summed E-state index contributed by atoms with van der Waals surface area (Å²) in [6, 6.07) is 3.94. The van der Waals surface area contributed by atoms with Crippen LogP contribution in [0, 0.1) is 12.7 Å². The van der Waals surface area contributed by atoms with Crippen LogP contribution in [0.3, 0.4) is 0 Å². The van der Waals surface area contributed by atoms with Crippen LogP contribution in [-0.2, 0) is 11.2 Å². The topological polar surface area (TPSA) is 56.0 Å². The Balaban J connectivity index is 2.23. The Bertz CT molecular complexity index is 629. The molecule has 2 rings (SSSR count). The first-order valence-electron chi connectivity index (χ1n) is 5.46. The molecule has 0 amide bonds. The van der Waals surface area contributed by atoms with Crippen LogP contribution in [0.15, 0.2) is 22.7 Å². The summed E-state index contributed by atoms with van der Waals surface area (Å²) in [4.78, 5) is 14.4. The SMILES string of the molecule is Cc1cc(F)cc(-c2noc(CC(=O)C(F)(F)F)n2)c1. The van der Waals surface area contributed by atoms with E-state index < -0.39 is 30.1 Å². The molecule has 2 aromatic rings. The van der Waals surface area contributed by atoms with Gasteiger partial charge in [-0.1, -0.05) is 5.16 Å². The second-order valence-electron chi connectivity index (χ2n) is 4.13. The van der Waals surface area contributed by atoms with Crippen molar-refractivity contribution in [2.45, 2.75) is 19.5 Å². The number of halogens is 4. The first kappa shape index (κ1) is 14.2. The summed E-state index contributed by atoms with van der Waals surface area (Å²) in [6.45, 7) is 1.64. The van der Waals surface area contributed by atoms with Gasteiger partial charge in [-0.3, -0.25) is 4.79 Å². The average molecular weight is 288 g/mol. The molecule has 0 unspecified atom stereocenters. The lowest BCUT2D eigenvalue weighted by Crippen LogP contribution is -2.24. The lowest BCUT2D eigenvalue weighted by atomic mass is 10.1. The molecule has 0 atom stereocenters. The van der Waals surface area contributed by atoms with E-state index in [1.807, 2.05) is 0 Å². The summed E-state index contributed by atoms with van der Waals surface area (Å²) < 4.78 is 54.0. The molecule has 0 saturated carbocycles. The van der Waals surface area contributed by atoms with Crippen LogP contribution in [0.5, 0.6) is 0 Å². The van der Waals surface area contributed by atoms with E-state index in [0.29, 0.717) is 5.56 Å². The third-order valence-corrected chi connectivity index (χ3v) is 2.40. The number of ketones is 1. The van der Waals surface area contributed by atoms with Gasteiger partial charge in [0.1, 0.15) is 5.82 Å². The maximum Gasteiger partial charge on any atom is 0.450 e. The molecule has 1 heterocycles. The van der Waals surface area contributed by atoms with Crippen molar-refractivity contribution in [3.8, 4) is 11.4 Å². The van der Waals surface area contributed by atoms with Gasteiger partial charge in [0.05, 0.1) is 6.42 Å². The Morgan fingerprint density at radius 3 is 2.60 bits per heavy atom. The minimum atomic E-state index is -4.95. The van der Waals surface area contributed by atoms with Gasteiger partial charge in [0.15, 0.2) is 0 Å². The largest absolute Gasteiger partial charge is 0.450 e. The number of alkyl halides is 3. The predicted octanol–water partition coefficient (Wildman–Crippen LogP) is 2.86.